The summed E-state index contributed by atoms with van der Waals surface area (Å²) in [5.74, 6) is -0.994. The van der Waals surface area contributed by atoms with Crippen LogP contribution in [0.5, 0.6) is 0 Å². The van der Waals surface area contributed by atoms with Gasteiger partial charge in [-0.15, -0.1) is 11.3 Å². The van der Waals surface area contributed by atoms with Gasteiger partial charge >= 0.3 is 5.97 Å². The third kappa shape index (κ3) is 1.43. The number of carboxylic acids is 1. The molecule has 0 aliphatic heterocycles. The fraction of sp³-hybridized carbons (Fsp3) is 0. The molecule has 0 aromatic carbocycles. The Morgan fingerprint density at radius 1 is 1.54 bits per heavy atom. The van der Waals surface area contributed by atoms with Crippen molar-refractivity contribution in [2.75, 3.05) is 0 Å². The van der Waals surface area contributed by atoms with Crippen LogP contribution in [0.15, 0.2) is 22.3 Å². The second kappa shape index (κ2) is 2.98. The Morgan fingerprint density at radius 3 is 2.92 bits per heavy atom. The second-order valence-corrected chi connectivity index (χ2v) is 3.09. The Balaban J connectivity index is 2.39. The van der Waals surface area contributed by atoms with Crippen LogP contribution in [-0.2, 0) is 0 Å². The molecule has 0 radical (unpaired) electrons. The van der Waals surface area contributed by atoms with E-state index in [9.17, 15) is 4.79 Å². The Hall–Kier alpha value is -1.69. The number of nitrogens with zero attached hydrogens (tertiary/aromatic N) is 2. The molecule has 13 heavy (non-hydrogen) atoms. The van der Waals surface area contributed by atoms with Crippen molar-refractivity contribution in [2.45, 2.75) is 0 Å². The highest BCUT2D eigenvalue weighted by atomic mass is 32.1. The molecule has 2 aromatic rings. The summed E-state index contributed by atoms with van der Waals surface area (Å²) in [6.45, 7) is 0. The van der Waals surface area contributed by atoms with Crippen molar-refractivity contribution < 1.29 is 14.3 Å². The minimum absolute atomic E-state index is 0.164. The summed E-state index contributed by atoms with van der Waals surface area (Å²) in [4.78, 5) is 18.8. The van der Waals surface area contributed by atoms with E-state index >= 15 is 0 Å². The van der Waals surface area contributed by atoms with Crippen molar-refractivity contribution in [3.05, 3.63) is 23.7 Å². The number of hydrogen-bond acceptors (Lipinski definition) is 5. The molecule has 0 saturated heterocycles. The Bertz CT molecular complexity index is 421. The number of aromatic carboxylic acids is 1. The molecule has 0 atom stereocenters. The van der Waals surface area contributed by atoms with Crippen molar-refractivity contribution in [3.8, 4) is 10.8 Å². The Morgan fingerprint density at radius 2 is 2.38 bits per heavy atom. The van der Waals surface area contributed by atoms with E-state index in [4.69, 9.17) is 9.52 Å². The summed E-state index contributed by atoms with van der Waals surface area (Å²) >= 11 is 1.34. The number of carbonyl (C=O) groups is 1. The van der Waals surface area contributed by atoms with Crippen molar-refractivity contribution in [1.29, 1.82) is 0 Å². The maximum absolute atomic E-state index is 10.4. The SMILES string of the molecule is O=C(O)c1cnc(-c2cncs2)o1. The summed E-state index contributed by atoms with van der Waals surface area (Å²) < 4.78 is 4.95. The van der Waals surface area contributed by atoms with Crippen LogP contribution < -0.4 is 0 Å². The van der Waals surface area contributed by atoms with E-state index in [0.717, 1.165) is 0 Å². The lowest BCUT2D eigenvalue weighted by Crippen LogP contribution is -1.91. The molecule has 0 fully saturated rings. The lowest BCUT2D eigenvalue weighted by atomic mass is 10.5. The lowest BCUT2D eigenvalue weighted by molar-refractivity contribution is 0.0663. The monoisotopic (exact) mass is 196 g/mol. The molecule has 2 rings (SSSR count). The number of oxazole rings is 1. The first-order valence-electron chi connectivity index (χ1n) is 3.35. The highest BCUT2D eigenvalue weighted by Gasteiger charge is 2.12. The fourth-order valence-corrected chi connectivity index (χ4v) is 1.36. The highest BCUT2D eigenvalue weighted by molar-refractivity contribution is 7.13. The van der Waals surface area contributed by atoms with Crippen molar-refractivity contribution in [3.63, 3.8) is 0 Å². The van der Waals surface area contributed by atoms with Gasteiger partial charge in [-0.25, -0.2) is 9.78 Å². The van der Waals surface area contributed by atoms with Crippen LogP contribution in [0.3, 0.4) is 0 Å². The number of aromatic nitrogens is 2. The molecule has 0 amide bonds. The van der Waals surface area contributed by atoms with Gasteiger partial charge in [-0.2, -0.15) is 0 Å². The molecule has 5 nitrogen and oxygen atoms in total. The largest absolute Gasteiger partial charge is 0.475 e. The normalized spacial score (nSPS) is 10.2. The zero-order valence-electron chi connectivity index (χ0n) is 6.30. The summed E-state index contributed by atoms with van der Waals surface area (Å²) in [6.07, 6.45) is 2.75. The molecule has 0 saturated carbocycles. The van der Waals surface area contributed by atoms with E-state index in [2.05, 4.69) is 9.97 Å². The van der Waals surface area contributed by atoms with Crippen LogP contribution in [0.25, 0.3) is 10.8 Å². The van der Waals surface area contributed by atoms with Crippen LogP contribution in [-0.4, -0.2) is 21.0 Å². The van der Waals surface area contributed by atoms with Gasteiger partial charge in [-0.3, -0.25) is 4.98 Å². The van der Waals surface area contributed by atoms with Gasteiger partial charge in [0.15, 0.2) is 0 Å². The Labute approximate surface area is 76.7 Å². The topological polar surface area (TPSA) is 76.2 Å². The van der Waals surface area contributed by atoms with Crippen LogP contribution in [0, 0.1) is 0 Å². The van der Waals surface area contributed by atoms with Gasteiger partial charge in [0.2, 0.25) is 11.7 Å². The third-order valence-corrected chi connectivity index (χ3v) is 2.12. The molecular weight excluding hydrogens is 192 g/mol. The van der Waals surface area contributed by atoms with Crippen molar-refractivity contribution in [2.24, 2.45) is 0 Å². The molecule has 0 aliphatic carbocycles. The molecule has 0 spiro atoms. The van der Waals surface area contributed by atoms with Gasteiger partial charge < -0.3 is 9.52 Å². The second-order valence-electron chi connectivity index (χ2n) is 2.20. The summed E-state index contributed by atoms with van der Waals surface area (Å²) in [5, 5.41) is 8.55. The van der Waals surface area contributed by atoms with Crippen LogP contribution in [0.4, 0.5) is 0 Å². The first kappa shape index (κ1) is 7.93. The average molecular weight is 196 g/mol. The highest BCUT2D eigenvalue weighted by Crippen LogP contribution is 2.22. The van der Waals surface area contributed by atoms with E-state index in [1.165, 1.54) is 17.5 Å². The number of carboxylic acid groups (broad SMARTS) is 1. The minimum Gasteiger partial charge on any atom is -0.475 e. The van der Waals surface area contributed by atoms with Gasteiger partial charge in [0.1, 0.15) is 4.88 Å². The number of hydrogen-bond donors (Lipinski definition) is 1. The van der Waals surface area contributed by atoms with Gasteiger partial charge in [-0.1, -0.05) is 0 Å². The van der Waals surface area contributed by atoms with E-state index in [-0.39, 0.29) is 5.76 Å². The van der Waals surface area contributed by atoms with Crippen molar-refractivity contribution in [1.82, 2.24) is 9.97 Å². The standard InChI is InChI=1S/C7H4N2O3S/c10-7(11)4-1-9-6(12-4)5-2-8-3-13-5/h1-3H,(H,10,11). The fourth-order valence-electron chi connectivity index (χ4n) is 0.808. The van der Waals surface area contributed by atoms with Crippen molar-refractivity contribution >= 4 is 17.3 Å². The molecule has 0 unspecified atom stereocenters. The first-order valence-corrected chi connectivity index (χ1v) is 4.23. The summed E-state index contributed by atoms with van der Waals surface area (Å²) in [6, 6.07) is 0. The van der Waals surface area contributed by atoms with Gasteiger partial charge in [0.05, 0.1) is 17.9 Å². The van der Waals surface area contributed by atoms with Gasteiger partial charge in [-0.05, 0) is 0 Å². The lowest BCUT2D eigenvalue weighted by Gasteiger charge is -1.85. The van der Waals surface area contributed by atoms with Crippen LogP contribution in [0.1, 0.15) is 10.6 Å². The zero-order chi connectivity index (χ0) is 9.26. The van der Waals surface area contributed by atoms with Crippen LogP contribution >= 0.6 is 11.3 Å². The van der Waals surface area contributed by atoms with E-state index < -0.39 is 5.97 Å². The number of thiazole rings is 1. The van der Waals surface area contributed by atoms with Crippen LogP contribution in [0.2, 0.25) is 0 Å². The molecule has 0 aliphatic rings. The molecule has 2 aromatic heterocycles. The quantitative estimate of drug-likeness (QED) is 0.787. The predicted molar refractivity (Wildman–Crippen MR) is 44.6 cm³/mol. The molecule has 6 heteroatoms. The molecule has 0 bridgehead atoms. The summed E-state index contributed by atoms with van der Waals surface area (Å²) in [7, 11) is 0. The number of rotatable bonds is 2. The van der Waals surface area contributed by atoms with Gasteiger partial charge in [0.25, 0.3) is 0 Å². The molecule has 66 valence electrons. The predicted octanol–water partition coefficient (Wildman–Crippen LogP) is 1.50. The Kier molecular flexibility index (Phi) is 1.82. The third-order valence-electron chi connectivity index (χ3n) is 1.36. The average Bonchev–Trinajstić information content (AvgIpc) is 2.75. The van der Waals surface area contributed by atoms with E-state index in [1.807, 2.05) is 0 Å². The first-order chi connectivity index (χ1) is 6.27. The van der Waals surface area contributed by atoms with E-state index in [1.54, 1.807) is 11.7 Å². The van der Waals surface area contributed by atoms with Gasteiger partial charge in [0, 0.05) is 0 Å². The molecular formula is C7H4N2O3S. The molecule has 2 heterocycles. The maximum Gasteiger partial charge on any atom is 0.373 e. The summed E-state index contributed by atoms with van der Waals surface area (Å²) in [5.41, 5.74) is 1.62. The van der Waals surface area contributed by atoms with E-state index in [0.29, 0.717) is 10.8 Å². The maximum atomic E-state index is 10.4. The minimum atomic E-state index is -1.12. The smallest absolute Gasteiger partial charge is 0.373 e. The molecule has 1 N–H and O–H groups in total. The zero-order valence-corrected chi connectivity index (χ0v) is 7.11.